The third kappa shape index (κ3) is 5.84. The van der Waals surface area contributed by atoms with Crippen LogP contribution in [0.5, 0.6) is 5.75 Å². The Labute approximate surface area is 122 Å². The van der Waals surface area contributed by atoms with Crippen molar-refractivity contribution in [1.29, 1.82) is 0 Å². The van der Waals surface area contributed by atoms with Crippen molar-refractivity contribution >= 4 is 11.6 Å². The second-order valence-electron chi connectivity index (χ2n) is 4.92. The largest absolute Gasteiger partial charge is 0.493 e. The van der Waals surface area contributed by atoms with E-state index in [2.05, 4.69) is 26.1 Å². The Morgan fingerprint density at radius 3 is 2.58 bits per heavy atom. The normalized spacial score (nSPS) is 11.0. The number of nitrogens with one attached hydrogen (secondary N) is 1. The fourth-order valence-corrected chi connectivity index (χ4v) is 2.15. The molecule has 0 aliphatic rings. The van der Waals surface area contributed by atoms with Crippen molar-refractivity contribution in [1.82, 2.24) is 5.32 Å². The van der Waals surface area contributed by atoms with Crippen LogP contribution in [0.3, 0.4) is 0 Å². The SMILES string of the molecule is CCCNCc1cc(Cl)ccc1OCC(CC)CC. The first kappa shape index (κ1) is 16.3. The fraction of sp³-hybridized carbons (Fsp3) is 0.625. The Morgan fingerprint density at radius 2 is 1.95 bits per heavy atom. The molecule has 0 unspecified atom stereocenters. The summed E-state index contributed by atoms with van der Waals surface area (Å²) in [6.07, 6.45) is 3.45. The van der Waals surface area contributed by atoms with Gasteiger partial charge in [-0.15, -0.1) is 0 Å². The fourth-order valence-electron chi connectivity index (χ4n) is 1.96. The van der Waals surface area contributed by atoms with Crippen LogP contribution >= 0.6 is 11.6 Å². The summed E-state index contributed by atoms with van der Waals surface area (Å²) >= 11 is 6.06. The average molecular weight is 284 g/mol. The molecule has 2 nitrogen and oxygen atoms in total. The molecule has 0 heterocycles. The highest BCUT2D eigenvalue weighted by atomic mass is 35.5. The van der Waals surface area contributed by atoms with E-state index < -0.39 is 0 Å². The minimum Gasteiger partial charge on any atom is -0.493 e. The highest BCUT2D eigenvalue weighted by molar-refractivity contribution is 6.30. The van der Waals surface area contributed by atoms with Gasteiger partial charge in [-0.1, -0.05) is 45.2 Å². The molecular formula is C16H26ClNO. The van der Waals surface area contributed by atoms with Gasteiger partial charge in [0.15, 0.2) is 0 Å². The molecule has 1 rings (SSSR count). The minimum atomic E-state index is 0.632. The number of halogens is 1. The maximum absolute atomic E-state index is 6.06. The van der Waals surface area contributed by atoms with Gasteiger partial charge in [0.25, 0.3) is 0 Å². The second kappa shape index (κ2) is 9.22. The number of hydrogen-bond donors (Lipinski definition) is 1. The molecule has 0 radical (unpaired) electrons. The molecule has 0 amide bonds. The number of hydrogen-bond acceptors (Lipinski definition) is 2. The van der Waals surface area contributed by atoms with Crippen LogP contribution in [0.25, 0.3) is 0 Å². The first-order chi connectivity index (χ1) is 9.21. The molecule has 19 heavy (non-hydrogen) atoms. The van der Waals surface area contributed by atoms with Crippen molar-refractivity contribution in [2.24, 2.45) is 5.92 Å². The standard InChI is InChI=1S/C16H26ClNO/c1-4-9-18-11-14-10-15(17)7-8-16(14)19-12-13(5-2)6-3/h7-8,10,13,18H,4-6,9,11-12H2,1-3H3. The van der Waals surface area contributed by atoms with Crippen molar-refractivity contribution in [3.63, 3.8) is 0 Å². The van der Waals surface area contributed by atoms with Crippen LogP contribution in [-0.4, -0.2) is 13.2 Å². The summed E-state index contributed by atoms with van der Waals surface area (Å²) in [5.41, 5.74) is 1.15. The summed E-state index contributed by atoms with van der Waals surface area (Å²) in [6.45, 7) is 9.20. The Morgan fingerprint density at radius 1 is 1.21 bits per heavy atom. The molecule has 1 N–H and O–H groups in total. The molecule has 1 aromatic rings. The van der Waals surface area contributed by atoms with E-state index in [9.17, 15) is 0 Å². The summed E-state index contributed by atoms with van der Waals surface area (Å²) in [4.78, 5) is 0. The molecule has 0 bridgehead atoms. The minimum absolute atomic E-state index is 0.632. The van der Waals surface area contributed by atoms with E-state index in [0.717, 1.165) is 55.3 Å². The number of rotatable bonds is 9. The van der Waals surface area contributed by atoms with Gasteiger partial charge >= 0.3 is 0 Å². The Hall–Kier alpha value is -0.730. The van der Waals surface area contributed by atoms with Gasteiger partial charge < -0.3 is 10.1 Å². The molecular weight excluding hydrogens is 258 g/mol. The molecule has 1 aromatic carbocycles. The zero-order chi connectivity index (χ0) is 14.1. The van der Waals surface area contributed by atoms with E-state index in [4.69, 9.17) is 16.3 Å². The van der Waals surface area contributed by atoms with Crippen molar-refractivity contribution in [2.45, 2.75) is 46.6 Å². The molecule has 108 valence electrons. The zero-order valence-electron chi connectivity index (χ0n) is 12.3. The molecule has 0 spiro atoms. The van der Waals surface area contributed by atoms with Crippen LogP contribution in [0.15, 0.2) is 18.2 Å². The average Bonchev–Trinajstić information content (AvgIpc) is 2.42. The molecule has 0 aliphatic heterocycles. The number of ether oxygens (including phenoxy) is 1. The van der Waals surface area contributed by atoms with Crippen LogP contribution in [-0.2, 0) is 6.54 Å². The first-order valence-electron chi connectivity index (χ1n) is 7.33. The lowest BCUT2D eigenvalue weighted by atomic mass is 10.1. The van der Waals surface area contributed by atoms with Gasteiger partial charge in [0.05, 0.1) is 6.61 Å². The highest BCUT2D eigenvalue weighted by Crippen LogP contribution is 2.24. The van der Waals surface area contributed by atoms with Crippen molar-refractivity contribution in [3.8, 4) is 5.75 Å². The lowest BCUT2D eigenvalue weighted by Gasteiger charge is -2.17. The Balaban J connectivity index is 2.64. The van der Waals surface area contributed by atoms with Gasteiger partial charge in [0.1, 0.15) is 5.75 Å². The smallest absolute Gasteiger partial charge is 0.123 e. The summed E-state index contributed by atoms with van der Waals surface area (Å²) in [5.74, 6) is 1.59. The molecule has 0 fully saturated rings. The van der Waals surface area contributed by atoms with Gasteiger partial charge in [-0.3, -0.25) is 0 Å². The summed E-state index contributed by atoms with van der Waals surface area (Å²) in [7, 11) is 0. The predicted octanol–water partition coefficient (Wildman–Crippen LogP) is 4.65. The van der Waals surface area contributed by atoms with Crippen molar-refractivity contribution < 1.29 is 4.74 Å². The topological polar surface area (TPSA) is 21.3 Å². The lowest BCUT2D eigenvalue weighted by molar-refractivity contribution is 0.238. The number of benzene rings is 1. The van der Waals surface area contributed by atoms with E-state index in [1.165, 1.54) is 0 Å². The van der Waals surface area contributed by atoms with Crippen LogP contribution in [0.2, 0.25) is 5.02 Å². The summed E-state index contributed by atoms with van der Waals surface area (Å²) < 4.78 is 5.97. The van der Waals surface area contributed by atoms with Gasteiger partial charge in [-0.25, -0.2) is 0 Å². The lowest BCUT2D eigenvalue weighted by Crippen LogP contribution is -2.16. The molecule has 0 atom stereocenters. The van der Waals surface area contributed by atoms with Crippen molar-refractivity contribution in [2.75, 3.05) is 13.2 Å². The zero-order valence-corrected chi connectivity index (χ0v) is 13.1. The van der Waals surface area contributed by atoms with Crippen molar-refractivity contribution in [3.05, 3.63) is 28.8 Å². The van der Waals surface area contributed by atoms with Gasteiger partial charge in [0.2, 0.25) is 0 Å². The molecule has 0 aromatic heterocycles. The van der Waals surface area contributed by atoms with E-state index in [1.807, 2.05) is 18.2 Å². The monoisotopic (exact) mass is 283 g/mol. The van der Waals surface area contributed by atoms with E-state index in [0.29, 0.717) is 5.92 Å². The van der Waals surface area contributed by atoms with Gasteiger partial charge in [-0.05, 0) is 37.1 Å². The quantitative estimate of drug-likeness (QED) is 0.666. The van der Waals surface area contributed by atoms with E-state index >= 15 is 0 Å². The second-order valence-corrected chi connectivity index (χ2v) is 5.36. The van der Waals surface area contributed by atoms with Crippen LogP contribution < -0.4 is 10.1 Å². The molecule has 0 saturated heterocycles. The van der Waals surface area contributed by atoms with Crippen LogP contribution in [0.1, 0.15) is 45.6 Å². The van der Waals surface area contributed by atoms with Gasteiger partial charge in [0, 0.05) is 17.1 Å². The summed E-state index contributed by atoms with van der Waals surface area (Å²) in [5, 5.41) is 4.16. The third-order valence-electron chi connectivity index (χ3n) is 3.39. The first-order valence-corrected chi connectivity index (χ1v) is 7.70. The Kier molecular flexibility index (Phi) is 7.92. The Bertz CT molecular complexity index is 364. The third-order valence-corrected chi connectivity index (χ3v) is 3.63. The maximum atomic E-state index is 6.06. The van der Waals surface area contributed by atoms with E-state index in [1.54, 1.807) is 0 Å². The van der Waals surface area contributed by atoms with Crippen LogP contribution in [0.4, 0.5) is 0 Å². The summed E-state index contributed by atoms with van der Waals surface area (Å²) in [6, 6.07) is 5.87. The predicted molar refractivity (Wildman–Crippen MR) is 83.0 cm³/mol. The van der Waals surface area contributed by atoms with Crippen LogP contribution in [0, 0.1) is 5.92 Å². The molecule has 0 saturated carbocycles. The highest BCUT2D eigenvalue weighted by Gasteiger charge is 2.08. The maximum Gasteiger partial charge on any atom is 0.123 e. The van der Waals surface area contributed by atoms with Gasteiger partial charge in [-0.2, -0.15) is 0 Å². The molecule has 0 aliphatic carbocycles. The van der Waals surface area contributed by atoms with E-state index in [-0.39, 0.29) is 0 Å². The molecule has 3 heteroatoms.